The normalized spacial score (nSPS) is 10.8. The number of nitrogens with one attached hydrogen (secondary N) is 1. The molecule has 0 fully saturated rings. The molecule has 0 radical (unpaired) electrons. The SMILES string of the molecule is O=C(NCc1cccs1)c1oc(=O)c2ccccc2c1-c1ccccc1. The van der Waals surface area contributed by atoms with Gasteiger partial charge >= 0.3 is 5.63 Å². The molecule has 0 aliphatic rings. The Bertz CT molecular complexity index is 1120. The Labute approximate surface area is 153 Å². The van der Waals surface area contributed by atoms with Gasteiger partial charge in [-0.05, 0) is 23.1 Å². The van der Waals surface area contributed by atoms with Gasteiger partial charge in [-0.1, -0.05) is 54.6 Å². The third-order valence-electron chi connectivity index (χ3n) is 4.11. The number of hydrogen-bond donors (Lipinski definition) is 1. The summed E-state index contributed by atoms with van der Waals surface area (Å²) in [6.45, 7) is 0.390. The highest BCUT2D eigenvalue weighted by molar-refractivity contribution is 7.09. The van der Waals surface area contributed by atoms with Gasteiger partial charge in [-0.15, -0.1) is 11.3 Å². The van der Waals surface area contributed by atoms with E-state index < -0.39 is 11.5 Å². The van der Waals surface area contributed by atoms with Gasteiger partial charge in [-0.2, -0.15) is 0 Å². The largest absolute Gasteiger partial charge is 0.416 e. The summed E-state index contributed by atoms with van der Waals surface area (Å²) in [5, 5.41) is 5.96. The lowest BCUT2D eigenvalue weighted by Gasteiger charge is -2.11. The fourth-order valence-electron chi connectivity index (χ4n) is 2.91. The zero-order valence-corrected chi connectivity index (χ0v) is 14.6. The number of rotatable bonds is 4. The highest BCUT2D eigenvalue weighted by atomic mass is 32.1. The van der Waals surface area contributed by atoms with Gasteiger partial charge in [0.15, 0.2) is 0 Å². The molecule has 0 aliphatic carbocycles. The van der Waals surface area contributed by atoms with Crippen LogP contribution in [0, 0.1) is 0 Å². The van der Waals surface area contributed by atoms with Crippen molar-refractivity contribution in [3.05, 3.63) is 93.2 Å². The number of thiophene rings is 1. The van der Waals surface area contributed by atoms with Crippen LogP contribution in [0.5, 0.6) is 0 Å². The van der Waals surface area contributed by atoms with E-state index in [1.165, 1.54) is 0 Å². The lowest BCUT2D eigenvalue weighted by Crippen LogP contribution is -2.24. The third kappa shape index (κ3) is 3.05. The van der Waals surface area contributed by atoms with Crippen molar-refractivity contribution in [3.63, 3.8) is 0 Å². The molecule has 0 unspecified atom stereocenters. The Morgan fingerprint density at radius 3 is 2.38 bits per heavy atom. The van der Waals surface area contributed by atoms with E-state index in [4.69, 9.17) is 4.42 Å². The van der Waals surface area contributed by atoms with Crippen molar-refractivity contribution in [2.45, 2.75) is 6.54 Å². The Kier molecular flexibility index (Phi) is 4.37. The molecule has 2 aromatic carbocycles. The molecule has 26 heavy (non-hydrogen) atoms. The van der Waals surface area contributed by atoms with Crippen molar-refractivity contribution in [1.82, 2.24) is 5.32 Å². The van der Waals surface area contributed by atoms with Gasteiger partial charge in [-0.3, -0.25) is 4.79 Å². The first kappa shape index (κ1) is 16.3. The standard InChI is InChI=1S/C21H15NO3S/c23-20(22-13-15-9-6-12-26-15)19-18(14-7-2-1-3-8-14)16-10-4-5-11-17(16)21(24)25-19/h1-12H,13H2,(H,22,23). The lowest BCUT2D eigenvalue weighted by molar-refractivity contribution is 0.0921. The van der Waals surface area contributed by atoms with Crippen molar-refractivity contribution in [2.24, 2.45) is 0 Å². The summed E-state index contributed by atoms with van der Waals surface area (Å²) >= 11 is 1.56. The average Bonchev–Trinajstić information content (AvgIpc) is 3.20. The van der Waals surface area contributed by atoms with Crippen LogP contribution in [0.15, 0.2) is 81.3 Å². The van der Waals surface area contributed by atoms with Crippen LogP contribution in [0.4, 0.5) is 0 Å². The van der Waals surface area contributed by atoms with Crippen LogP contribution in [-0.4, -0.2) is 5.91 Å². The number of hydrogen-bond acceptors (Lipinski definition) is 4. The highest BCUT2D eigenvalue weighted by Crippen LogP contribution is 2.30. The molecule has 1 amide bonds. The number of carbonyl (C=O) groups is 1. The first-order chi connectivity index (χ1) is 12.7. The summed E-state index contributed by atoms with van der Waals surface area (Å²) in [6, 6.07) is 20.5. The van der Waals surface area contributed by atoms with Crippen LogP contribution in [0.2, 0.25) is 0 Å². The molecule has 2 aromatic heterocycles. The minimum absolute atomic E-state index is 0.0384. The van der Waals surface area contributed by atoms with Crippen molar-refractivity contribution in [2.75, 3.05) is 0 Å². The third-order valence-corrected chi connectivity index (χ3v) is 4.99. The van der Waals surface area contributed by atoms with Crippen LogP contribution in [-0.2, 0) is 6.54 Å². The maximum atomic E-state index is 12.8. The average molecular weight is 361 g/mol. The smallest absolute Gasteiger partial charge is 0.344 e. The van der Waals surface area contributed by atoms with Gasteiger partial charge in [0.25, 0.3) is 5.91 Å². The number of benzene rings is 2. The molecule has 2 heterocycles. The van der Waals surface area contributed by atoms with Crippen molar-refractivity contribution >= 4 is 28.0 Å². The van der Waals surface area contributed by atoms with Gasteiger partial charge in [0, 0.05) is 15.8 Å². The molecule has 4 nitrogen and oxygen atoms in total. The van der Waals surface area contributed by atoms with E-state index in [1.54, 1.807) is 23.5 Å². The van der Waals surface area contributed by atoms with E-state index in [-0.39, 0.29) is 5.76 Å². The second-order valence-electron chi connectivity index (χ2n) is 5.77. The minimum atomic E-state index is -0.512. The Morgan fingerprint density at radius 2 is 1.65 bits per heavy atom. The van der Waals surface area contributed by atoms with Crippen LogP contribution in [0.25, 0.3) is 21.9 Å². The van der Waals surface area contributed by atoms with Crippen molar-refractivity contribution in [1.29, 1.82) is 0 Å². The molecule has 128 valence electrons. The first-order valence-corrected chi connectivity index (χ1v) is 9.04. The zero-order valence-electron chi connectivity index (χ0n) is 13.8. The first-order valence-electron chi connectivity index (χ1n) is 8.16. The van der Waals surface area contributed by atoms with Crippen LogP contribution in [0.1, 0.15) is 15.4 Å². The zero-order chi connectivity index (χ0) is 17.9. The molecule has 0 bridgehead atoms. The second kappa shape index (κ2) is 6.98. The molecule has 0 spiro atoms. The van der Waals surface area contributed by atoms with Gasteiger partial charge < -0.3 is 9.73 Å². The van der Waals surface area contributed by atoms with Crippen LogP contribution in [0.3, 0.4) is 0 Å². The predicted octanol–water partition coefficient (Wildman–Crippen LogP) is 4.45. The predicted molar refractivity (Wildman–Crippen MR) is 103 cm³/mol. The van der Waals surface area contributed by atoms with E-state index in [9.17, 15) is 9.59 Å². The van der Waals surface area contributed by atoms with Gasteiger partial charge in [0.2, 0.25) is 5.76 Å². The van der Waals surface area contributed by atoms with Gasteiger partial charge in [-0.25, -0.2) is 4.79 Å². The molecule has 0 aliphatic heterocycles. The maximum absolute atomic E-state index is 12.8. The van der Waals surface area contributed by atoms with E-state index in [1.807, 2.05) is 60.0 Å². The second-order valence-corrected chi connectivity index (χ2v) is 6.80. The monoisotopic (exact) mass is 361 g/mol. The van der Waals surface area contributed by atoms with Crippen LogP contribution < -0.4 is 10.9 Å². The minimum Gasteiger partial charge on any atom is -0.416 e. The van der Waals surface area contributed by atoms with Gasteiger partial charge in [0.1, 0.15) is 0 Å². The topological polar surface area (TPSA) is 59.3 Å². The van der Waals surface area contributed by atoms with Crippen molar-refractivity contribution < 1.29 is 9.21 Å². The fraction of sp³-hybridized carbons (Fsp3) is 0.0476. The summed E-state index contributed by atoms with van der Waals surface area (Å²) in [5.41, 5.74) is 0.944. The molecule has 4 rings (SSSR count). The number of carbonyl (C=O) groups excluding carboxylic acids is 1. The molecular formula is C21H15NO3S. The summed E-state index contributed by atoms with van der Waals surface area (Å²) in [6.07, 6.45) is 0. The van der Waals surface area contributed by atoms with Crippen molar-refractivity contribution in [3.8, 4) is 11.1 Å². The highest BCUT2D eigenvalue weighted by Gasteiger charge is 2.21. The maximum Gasteiger partial charge on any atom is 0.344 e. The molecular weight excluding hydrogens is 346 g/mol. The Morgan fingerprint density at radius 1 is 0.923 bits per heavy atom. The van der Waals surface area contributed by atoms with Crippen LogP contribution >= 0.6 is 11.3 Å². The van der Waals surface area contributed by atoms with Gasteiger partial charge in [0.05, 0.1) is 11.9 Å². The molecule has 5 heteroatoms. The molecule has 0 atom stereocenters. The molecule has 4 aromatic rings. The summed E-state index contributed by atoms with van der Waals surface area (Å²) in [7, 11) is 0. The van der Waals surface area contributed by atoms with E-state index in [0.717, 1.165) is 10.4 Å². The fourth-order valence-corrected chi connectivity index (χ4v) is 3.56. The number of amides is 1. The van der Waals surface area contributed by atoms with E-state index >= 15 is 0 Å². The lowest BCUT2D eigenvalue weighted by atomic mass is 9.98. The summed E-state index contributed by atoms with van der Waals surface area (Å²) < 4.78 is 5.44. The molecule has 0 saturated heterocycles. The van der Waals surface area contributed by atoms with E-state index in [0.29, 0.717) is 22.9 Å². The molecule has 0 saturated carbocycles. The summed E-state index contributed by atoms with van der Waals surface area (Å²) in [4.78, 5) is 26.2. The quantitative estimate of drug-likeness (QED) is 0.584. The Balaban J connectivity index is 1.85. The van der Waals surface area contributed by atoms with E-state index in [2.05, 4.69) is 5.32 Å². The number of fused-ring (bicyclic) bond motifs is 1. The Hall–Kier alpha value is -3.18. The molecule has 1 N–H and O–H groups in total. The summed E-state index contributed by atoms with van der Waals surface area (Å²) in [5.74, 6) is -0.364.